The van der Waals surface area contributed by atoms with Gasteiger partial charge in [0.05, 0.1) is 13.7 Å². The molecule has 5 heteroatoms. The molecule has 0 aromatic carbocycles. The zero-order chi connectivity index (χ0) is 12.7. The molecule has 0 bridgehead atoms. The number of hydrogen-bond donors (Lipinski definition) is 2. The number of amides is 1. The minimum Gasteiger partial charge on any atom is -0.453 e. The van der Waals surface area contributed by atoms with Crippen LogP contribution in [0.25, 0.3) is 0 Å². The minimum absolute atomic E-state index is 0.138. The van der Waals surface area contributed by atoms with Crippen molar-refractivity contribution in [2.24, 2.45) is 5.92 Å². The molecule has 0 aromatic heterocycles. The van der Waals surface area contributed by atoms with Gasteiger partial charge in [0.1, 0.15) is 0 Å². The van der Waals surface area contributed by atoms with Crippen molar-refractivity contribution in [3.63, 3.8) is 0 Å². The number of carbonyl (C=O) groups is 1. The van der Waals surface area contributed by atoms with E-state index in [1.54, 1.807) is 0 Å². The van der Waals surface area contributed by atoms with Crippen molar-refractivity contribution >= 4 is 6.09 Å². The number of rotatable bonds is 5. The first-order valence-electron chi connectivity index (χ1n) is 6.37. The highest BCUT2D eigenvalue weighted by Gasteiger charge is 2.27. The first-order valence-corrected chi connectivity index (χ1v) is 6.37. The molecule has 0 spiro atoms. The maximum absolute atomic E-state index is 11.2. The molecule has 0 radical (unpaired) electrons. The zero-order valence-corrected chi connectivity index (χ0v) is 10.8. The van der Waals surface area contributed by atoms with Gasteiger partial charge in [-0.3, -0.25) is 4.90 Å². The lowest BCUT2D eigenvalue weighted by atomic mass is 9.90. The van der Waals surface area contributed by atoms with Gasteiger partial charge in [-0.25, -0.2) is 4.79 Å². The predicted octanol–water partition coefficient (Wildman–Crippen LogP) is 0.825. The standard InChI is InChI=1S/C12H24N2O3/c1-3-4-10-7-11(13-12(16)17-2)9-14(8-10)5-6-15/h10-11,15H,3-9H2,1-2H3,(H,13,16). The Hall–Kier alpha value is -0.810. The summed E-state index contributed by atoms with van der Waals surface area (Å²) in [5.41, 5.74) is 0. The molecule has 2 unspecified atom stereocenters. The molecule has 1 fully saturated rings. The summed E-state index contributed by atoms with van der Waals surface area (Å²) in [5.74, 6) is 0.599. The summed E-state index contributed by atoms with van der Waals surface area (Å²) in [5, 5.41) is 11.9. The third kappa shape index (κ3) is 4.91. The van der Waals surface area contributed by atoms with E-state index >= 15 is 0 Å². The summed E-state index contributed by atoms with van der Waals surface area (Å²) in [6, 6.07) is 0.138. The number of piperidine rings is 1. The van der Waals surface area contributed by atoms with E-state index < -0.39 is 0 Å². The molecule has 1 saturated heterocycles. The van der Waals surface area contributed by atoms with Gasteiger partial charge in [0, 0.05) is 25.7 Å². The lowest BCUT2D eigenvalue weighted by Gasteiger charge is -2.37. The van der Waals surface area contributed by atoms with Crippen molar-refractivity contribution in [1.82, 2.24) is 10.2 Å². The summed E-state index contributed by atoms with van der Waals surface area (Å²) in [7, 11) is 1.38. The second-order valence-electron chi connectivity index (χ2n) is 4.71. The topological polar surface area (TPSA) is 61.8 Å². The summed E-state index contributed by atoms with van der Waals surface area (Å²) in [4.78, 5) is 13.4. The molecule has 1 aliphatic heterocycles. The number of hydrogen-bond acceptors (Lipinski definition) is 4. The number of β-amino-alcohol motifs (C(OH)–C–C–N with tert-alkyl or cyclic N) is 1. The largest absolute Gasteiger partial charge is 0.453 e. The van der Waals surface area contributed by atoms with Gasteiger partial charge in [0.15, 0.2) is 0 Å². The summed E-state index contributed by atoms with van der Waals surface area (Å²) < 4.78 is 4.63. The summed E-state index contributed by atoms with van der Waals surface area (Å²) in [6.07, 6.45) is 2.96. The lowest BCUT2D eigenvalue weighted by molar-refractivity contribution is 0.105. The molecule has 1 aliphatic rings. The average molecular weight is 244 g/mol. The monoisotopic (exact) mass is 244 g/mol. The molecular formula is C12H24N2O3. The van der Waals surface area contributed by atoms with Gasteiger partial charge in [-0.1, -0.05) is 13.3 Å². The van der Waals surface area contributed by atoms with Crippen LogP contribution in [0.4, 0.5) is 4.79 Å². The SMILES string of the molecule is CCCC1CC(NC(=O)OC)CN(CCO)C1. The van der Waals surface area contributed by atoms with Gasteiger partial charge < -0.3 is 15.2 Å². The van der Waals surface area contributed by atoms with Crippen LogP contribution in [-0.4, -0.2) is 55.5 Å². The normalized spacial score (nSPS) is 25.6. The fraction of sp³-hybridized carbons (Fsp3) is 0.917. The van der Waals surface area contributed by atoms with Crippen LogP contribution >= 0.6 is 0 Å². The summed E-state index contributed by atoms with van der Waals surface area (Å²) in [6.45, 7) is 4.85. The highest BCUT2D eigenvalue weighted by Crippen LogP contribution is 2.21. The molecule has 1 heterocycles. The smallest absolute Gasteiger partial charge is 0.407 e. The Kier molecular flexibility index (Phi) is 6.29. The van der Waals surface area contributed by atoms with E-state index in [-0.39, 0.29) is 18.7 Å². The van der Waals surface area contributed by atoms with Crippen molar-refractivity contribution in [2.45, 2.75) is 32.2 Å². The van der Waals surface area contributed by atoms with Crippen LogP contribution in [0.5, 0.6) is 0 Å². The first kappa shape index (κ1) is 14.3. The second-order valence-corrected chi connectivity index (χ2v) is 4.71. The van der Waals surface area contributed by atoms with Crippen LogP contribution in [0.1, 0.15) is 26.2 Å². The third-order valence-electron chi connectivity index (χ3n) is 3.23. The minimum atomic E-state index is -0.365. The van der Waals surface area contributed by atoms with E-state index in [2.05, 4.69) is 21.9 Å². The maximum atomic E-state index is 11.2. The van der Waals surface area contributed by atoms with Gasteiger partial charge in [-0.15, -0.1) is 0 Å². The zero-order valence-electron chi connectivity index (χ0n) is 10.8. The van der Waals surface area contributed by atoms with E-state index in [9.17, 15) is 4.79 Å². The van der Waals surface area contributed by atoms with Gasteiger partial charge in [0.25, 0.3) is 0 Å². The van der Waals surface area contributed by atoms with Crippen molar-refractivity contribution in [1.29, 1.82) is 0 Å². The molecule has 1 amide bonds. The van der Waals surface area contributed by atoms with Crippen LogP contribution in [0.3, 0.4) is 0 Å². The Labute approximate surface area is 103 Å². The molecule has 17 heavy (non-hydrogen) atoms. The van der Waals surface area contributed by atoms with E-state index in [0.29, 0.717) is 12.5 Å². The Morgan fingerprint density at radius 3 is 2.88 bits per heavy atom. The van der Waals surface area contributed by atoms with Gasteiger partial charge in [-0.2, -0.15) is 0 Å². The number of likely N-dealkylation sites (tertiary alicyclic amines) is 1. The maximum Gasteiger partial charge on any atom is 0.407 e. The van der Waals surface area contributed by atoms with E-state index in [0.717, 1.165) is 25.9 Å². The fourth-order valence-electron chi connectivity index (χ4n) is 2.57. The van der Waals surface area contributed by atoms with E-state index in [4.69, 9.17) is 5.11 Å². The highest BCUT2D eigenvalue weighted by atomic mass is 16.5. The fourth-order valence-corrected chi connectivity index (χ4v) is 2.57. The number of nitrogens with one attached hydrogen (secondary N) is 1. The number of aliphatic hydroxyl groups excluding tert-OH is 1. The van der Waals surface area contributed by atoms with Crippen molar-refractivity contribution < 1.29 is 14.6 Å². The Morgan fingerprint density at radius 2 is 2.29 bits per heavy atom. The number of carbonyl (C=O) groups excluding carboxylic acids is 1. The average Bonchev–Trinajstić information content (AvgIpc) is 2.29. The van der Waals surface area contributed by atoms with E-state index in [1.165, 1.54) is 13.5 Å². The molecule has 0 aliphatic carbocycles. The van der Waals surface area contributed by atoms with Crippen LogP contribution in [-0.2, 0) is 4.74 Å². The van der Waals surface area contributed by atoms with Gasteiger partial charge >= 0.3 is 6.09 Å². The molecule has 2 N–H and O–H groups in total. The lowest BCUT2D eigenvalue weighted by Crippen LogP contribution is -2.51. The van der Waals surface area contributed by atoms with Crippen LogP contribution in [0.15, 0.2) is 0 Å². The van der Waals surface area contributed by atoms with Gasteiger partial charge in [-0.05, 0) is 18.8 Å². The number of nitrogens with zero attached hydrogens (tertiary/aromatic N) is 1. The Balaban J connectivity index is 2.48. The number of alkyl carbamates (subject to hydrolysis) is 1. The van der Waals surface area contributed by atoms with Crippen LogP contribution in [0, 0.1) is 5.92 Å². The quantitative estimate of drug-likeness (QED) is 0.752. The Morgan fingerprint density at radius 1 is 1.53 bits per heavy atom. The summed E-state index contributed by atoms with van der Waals surface area (Å²) >= 11 is 0. The molecule has 5 nitrogen and oxygen atoms in total. The molecule has 100 valence electrons. The van der Waals surface area contributed by atoms with Crippen molar-refractivity contribution in [3.05, 3.63) is 0 Å². The highest BCUT2D eigenvalue weighted by molar-refractivity contribution is 5.67. The number of aliphatic hydroxyl groups is 1. The molecule has 1 rings (SSSR count). The van der Waals surface area contributed by atoms with Crippen LogP contribution < -0.4 is 5.32 Å². The first-order chi connectivity index (χ1) is 8.19. The van der Waals surface area contributed by atoms with E-state index in [1.807, 2.05) is 0 Å². The molecular weight excluding hydrogens is 220 g/mol. The van der Waals surface area contributed by atoms with Gasteiger partial charge in [0.2, 0.25) is 0 Å². The molecule has 2 atom stereocenters. The number of methoxy groups -OCH3 is 1. The second kappa shape index (κ2) is 7.50. The Bertz CT molecular complexity index is 222. The van der Waals surface area contributed by atoms with Crippen LogP contribution in [0.2, 0.25) is 0 Å². The third-order valence-corrected chi connectivity index (χ3v) is 3.23. The van der Waals surface area contributed by atoms with Crippen molar-refractivity contribution in [3.8, 4) is 0 Å². The number of ether oxygens (including phenoxy) is 1. The molecule has 0 aromatic rings. The molecule has 0 saturated carbocycles. The predicted molar refractivity (Wildman–Crippen MR) is 65.9 cm³/mol. The van der Waals surface area contributed by atoms with Crippen molar-refractivity contribution in [2.75, 3.05) is 33.4 Å².